The van der Waals surface area contributed by atoms with Crippen LogP contribution < -0.4 is 4.74 Å². The predicted octanol–water partition coefficient (Wildman–Crippen LogP) is 2.73. The quantitative estimate of drug-likeness (QED) is 0.773. The molecule has 1 aliphatic rings. The Morgan fingerprint density at radius 2 is 1.56 bits per heavy atom. The number of para-hydroxylation sites is 1. The molecule has 25 heavy (non-hydrogen) atoms. The van der Waals surface area contributed by atoms with E-state index in [2.05, 4.69) is 4.90 Å². The highest BCUT2D eigenvalue weighted by atomic mass is 35.5. The Morgan fingerprint density at radius 3 is 2.20 bits per heavy atom. The van der Waals surface area contributed by atoms with Gasteiger partial charge in [0.05, 0.1) is 4.90 Å². The third kappa shape index (κ3) is 4.73. The van der Waals surface area contributed by atoms with E-state index in [1.54, 1.807) is 24.3 Å². The number of hydrogen-bond acceptors (Lipinski definition) is 4. The van der Waals surface area contributed by atoms with E-state index in [0.29, 0.717) is 37.8 Å². The Labute approximate surface area is 153 Å². The molecule has 0 unspecified atom stereocenters. The molecular formula is C18H21ClN2O3S. The maximum atomic E-state index is 12.6. The molecule has 0 N–H and O–H groups in total. The maximum absolute atomic E-state index is 12.6. The first kappa shape index (κ1) is 18.2. The van der Waals surface area contributed by atoms with Gasteiger partial charge in [-0.2, -0.15) is 4.31 Å². The van der Waals surface area contributed by atoms with Crippen LogP contribution in [0.1, 0.15) is 0 Å². The highest BCUT2D eigenvalue weighted by Gasteiger charge is 2.28. The summed E-state index contributed by atoms with van der Waals surface area (Å²) in [5, 5.41) is 0.530. The SMILES string of the molecule is O=S(=O)(c1ccc(Cl)cc1)N1CCN(CCOc2ccccc2)CC1. The lowest BCUT2D eigenvalue weighted by atomic mass is 10.3. The average Bonchev–Trinajstić information content (AvgIpc) is 2.63. The summed E-state index contributed by atoms with van der Waals surface area (Å²) in [7, 11) is -3.45. The van der Waals surface area contributed by atoms with Gasteiger partial charge in [-0.1, -0.05) is 29.8 Å². The summed E-state index contributed by atoms with van der Waals surface area (Å²) in [4.78, 5) is 2.51. The topological polar surface area (TPSA) is 49.9 Å². The van der Waals surface area contributed by atoms with Gasteiger partial charge in [0.1, 0.15) is 12.4 Å². The first-order chi connectivity index (χ1) is 12.1. The zero-order valence-corrected chi connectivity index (χ0v) is 15.4. The van der Waals surface area contributed by atoms with Crippen molar-refractivity contribution in [3.05, 3.63) is 59.6 Å². The molecular weight excluding hydrogens is 360 g/mol. The van der Waals surface area contributed by atoms with Crippen molar-refractivity contribution in [3.8, 4) is 5.75 Å². The Morgan fingerprint density at radius 1 is 0.920 bits per heavy atom. The van der Waals surface area contributed by atoms with Crippen molar-refractivity contribution in [1.29, 1.82) is 0 Å². The maximum Gasteiger partial charge on any atom is 0.243 e. The minimum atomic E-state index is -3.45. The molecule has 0 atom stereocenters. The third-order valence-electron chi connectivity index (χ3n) is 4.20. The van der Waals surface area contributed by atoms with E-state index in [1.807, 2.05) is 30.3 Å². The molecule has 5 nitrogen and oxygen atoms in total. The molecule has 7 heteroatoms. The van der Waals surface area contributed by atoms with Crippen LogP contribution in [0.5, 0.6) is 5.75 Å². The molecule has 0 saturated carbocycles. The van der Waals surface area contributed by atoms with Gasteiger partial charge in [-0.3, -0.25) is 4.90 Å². The lowest BCUT2D eigenvalue weighted by Crippen LogP contribution is -2.49. The van der Waals surface area contributed by atoms with Crippen LogP contribution in [-0.4, -0.2) is 57.0 Å². The number of sulfonamides is 1. The molecule has 0 bridgehead atoms. The van der Waals surface area contributed by atoms with Crippen molar-refractivity contribution in [1.82, 2.24) is 9.21 Å². The van der Waals surface area contributed by atoms with Crippen LogP contribution in [0.15, 0.2) is 59.5 Å². The van der Waals surface area contributed by atoms with Gasteiger partial charge in [0.15, 0.2) is 0 Å². The van der Waals surface area contributed by atoms with Crippen molar-refractivity contribution in [2.45, 2.75) is 4.90 Å². The standard InChI is InChI=1S/C18H21ClN2O3S/c19-16-6-8-18(9-7-16)25(22,23)21-12-10-20(11-13-21)14-15-24-17-4-2-1-3-5-17/h1-9H,10-15H2. The second-order valence-corrected chi connectivity index (χ2v) is 8.24. The predicted molar refractivity (Wildman–Crippen MR) is 98.6 cm³/mol. The van der Waals surface area contributed by atoms with E-state index in [4.69, 9.17) is 16.3 Å². The van der Waals surface area contributed by atoms with Gasteiger partial charge >= 0.3 is 0 Å². The van der Waals surface area contributed by atoms with Gasteiger partial charge < -0.3 is 4.74 Å². The zero-order chi connectivity index (χ0) is 17.7. The van der Waals surface area contributed by atoms with Crippen molar-refractivity contribution in [3.63, 3.8) is 0 Å². The average molecular weight is 381 g/mol. The number of ether oxygens (including phenoxy) is 1. The molecule has 1 saturated heterocycles. The summed E-state index contributed by atoms with van der Waals surface area (Å²) in [6, 6.07) is 16.0. The summed E-state index contributed by atoms with van der Waals surface area (Å²) in [5.41, 5.74) is 0. The van der Waals surface area contributed by atoms with Gasteiger partial charge in [0.25, 0.3) is 0 Å². The molecule has 1 aliphatic heterocycles. The summed E-state index contributed by atoms with van der Waals surface area (Å²) in [6.45, 7) is 3.74. The summed E-state index contributed by atoms with van der Waals surface area (Å²) in [6.07, 6.45) is 0. The molecule has 1 heterocycles. The highest BCUT2D eigenvalue weighted by molar-refractivity contribution is 7.89. The first-order valence-electron chi connectivity index (χ1n) is 8.22. The molecule has 0 aromatic heterocycles. The summed E-state index contributed by atoms with van der Waals surface area (Å²) < 4.78 is 32.5. The first-order valence-corrected chi connectivity index (χ1v) is 10.0. The van der Waals surface area contributed by atoms with Gasteiger partial charge in [0.2, 0.25) is 10.0 Å². The van der Waals surface area contributed by atoms with Crippen LogP contribution in [0.2, 0.25) is 5.02 Å². The molecule has 0 radical (unpaired) electrons. The zero-order valence-electron chi connectivity index (χ0n) is 13.8. The van der Waals surface area contributed by atoms with E-state index < -0.39 is 10.0 Å². The molecule has 134 valence electrons. The van der Waals surface area contributed by atoms with Crippen LogP contribution in [0.3, 0.4) is 0 Å². The van der Waals surface area contributed by atoms with Gasteiger partial charge in [0, 0.05) is 37.7 Å². The number of rotatable bonds is 6. The molecule has 3 rings (SSSR count). The van der Waals surface area contributed by atoms with Crippen molar-refractivity contribution in [2.24, 2.45) is 0 Å². The molecule has 0 spiro atoms. The Bertz CT molecular complexity index is 774. The van der Waals surface area contributed by atoms with Gasteiger partial charge in [-0.05, 0) is 36.4 Å². The highest BCUT2D eigenvalue weighted by Crippen LogP contribution is 2.19. The number of hydrogen-bond donors (Lipinski definition) is 0. The fraction of sp³-hybridized carbons (Fsp3) is 0.333. The van der Waals surface area contributed by atoms with E-state index >= 15 is 0 Å². The van der Waals surface area contributed by atoms with Crippen LogP contribution in [0, 0.1) is 0 Å². The Balaban J connectivity index is 1.49. The van der Waals surface area contributed by atoms with Gasteiger partial charge in [-0.15, -0.1) is 0 Å². The second-order valence-electron chi connectivity index (χ2n) is 5.86. The van der Waals surface area contributed by atoms with Crippen LogP contribution in [0.4, 0.5) is 0 Å². The fourth-order valence-electron chi connectivity index (χ4n) is 2.76. The van der Waals surface area contributed by atoms with Crippen LogP contribution >= 0.6 is 11.6 Å². The molecule has 1 fully saturated rings. The van der Waals surface area contributed by atoms with Crippen LogP contribution in [-0.2, 0) is 10.0 Å². The molecule has 2 aromatic rings. The second kappa shape index (κ2) is 8.19. The van der Waals surface area contributed by atoms with E-state index in [0.717, 1.165) is 12.3 Å². The number of piperazine rings is 1. The lowest BCUT2D eigenvalue weighted by molar-refractivity contribution is 0.159. The molecule has 2 aromatic carbocycles. The normalized spacial score (nSPS) is 16.7. The monoisotopic (exact) mass is 380 g/mol. The smallest absolute Gasteiger partial charge is 0.243 e. The molecule has 0 aliphatic carbocycles. The minimum absolute atomic E-state index is 0.290. The number of nitrogens with zero attached hydrogens (tertiary/aromatic N) is 2. The number of benzene rings is 2. The fourth-order valence-corrected chi connectivity index (χ4v) is 4.31. The third-order valence-corrected chi connectivity index (χ3v) is 6.37. The van der Waals surface area contributed by atoms with Crippen molar-refractivity contribution >= 4 is 21.6 Å². The molecule has 0 amide bonds. The summed E-state index contributed by atoms with van der Waals surface area (Å²) >= 11 is 5.83. The van der Waals surface area contributed by atoms with Gasteiger partial charge in [-0.25, -0.2) is 8.42 Å². The van der Waals surface area contributed by atoms with Crippen molar-refractivity contribution < 1.29 is 13.2 Å². The largest absolute Gasteiger partial charge is 0.492 e. The number of halogens is 1. The lowest BCUT2D eigenvalue weighted by Gasteiger charge is -2.33. The van der Waals surface area contributed by atoms with E-state index in [9.17, 15) is 8.42 Å². The minimum Gasteiger partial charge on any atom is -0.492 e. The van der Waals surface area contributed by atoms with E-state index in [1.165, 1.54) is 4.31 Å². The Hall–Kier alpha value is -1.60. The van der Waals surface area contributed by atoms with Crippen LogP contribution in [0.25, 0.3) is 0 Å². The summed E-state index contributed by atoms with van der Waals surface area (Å²) in [5.74, 6) is 0.853. The van der Waals surface area contributed by atoms with E-state index in [-0.39, 0.29) is 4.90 Å². The van der Waals surface area contributed by atoms with Crippen molar-refractivity contribution in [2.75, 3.05) is 39.3 Å². The Kier molecular flexibility index (Phi) is 5.96.